The van der Waals surface area contributed by atoms with Crippen molar-refractivity contribution in [3.8, 4) is 11.1 Å². The van der Waals surface area contributed by atoms with E-state index >= 15 is 0 Å². The van der Waals surface area contributed by atoms with Crippen molar-refractivity contribution in [3.63, 3.8) is 0 Å². The smallest absolute Gasteiger partial charge is 0.214 e. The van der Waals surface area contributed by atoms with E-state index in [1.165, 1.54) is 30.2 Å². The van der Waals surface area contributed by atoms with Crippen LogP contribution in [0.4, 0.5) is 0 Å². The van der Waals surface area contributed by atoms with E-state index in [1.807, 2.05) is 13.0 Å². The zero-order valence-electron chi connectivity index (χ0n) is 17.4. The van der Waals surface area contributed by atoms with Crippen LogP contribution in [0.1, 0.15) is 31.4 Å². The molecule has 3 nitrogen and oxygen atoms in total. The van der Waals surface area contributed by atoms with Crippen LogP contribution in [0.25, 0.3) is 11.1 Å². The average Bonchev–Trinajstić information content (AvgIpc) is 2.71. The molecule has 0 heterocycles. The van der Waals surface area contributed by atoms with Crippen LogP contribution >= 0.6 is 0 Å². The van der Waals surface area contributed by atoms with Crippen molar-refractivity contribution in [2.75, 3.05) is 7.05 Å². The molecule has 0 aliphatic heterocycles. The molecular weight excluding hydrogens is 366 g/mol. The number of benzene rings is 3. The van der Waals surface area contributed by atoms with E-state index in [-0.39, 0.29) is 0 Å². The van der Waals surface area contributed by atoms with Gasteiger partial charge in [0.05, 0.1) is 4.90 Å². The maximum absolute atomic E-state index is 11.2. The highest BCUT2D eigenvalue weighted by atomic mass is 32.2. The molecule has 0 bridgehead atoms. The first kappa shape index (κ1) is 23.6. The van der Waals surface area contributed by atoms with Crippen LogP contribution in [-0.4, -0.2) is 15.5 Å². The van der Waals surface area contributed by atoms with E-state index in [0.29, 0.717) is 4.90 Å². The van der Waals surface area contributed by atoms with Gasteiger partial charge in [0, 0.05) is 0 Å². The lowest BCUT2D eigenvalue weighted by molar-refractivity contribution is 0.588. The highest BCUT2D eigenvalue weighted by Gasteiger charge is 2.09. The maximum atomic E-state index is 11.2. The minimum absolute atomic E-state index is 0.301. The molecule has 28 heavy (non-hydrogen) atoms. The molecule has 0 aromatic heterocycles. The van der Waals surface area contributed by atoms with Crippen molar-refractivity contribution in [1.82, 2.24) is 4.72 Å². The molecule has 3 rings (SSSR count). The third-order valence-corrected chi connectivity index (χ3v) is 5.19. The summed E-state index contributed by atoms with van der Waals surface area (Å²) in [5.41, 5.74) is 4.92. The normalized spacial score (nSPS) is 10.2. The second-order valence-electron chi connectivity index (χ2n) is 6.46. The summed E-state index contributed by atoms with van der Waals surface area (Å²) in [5.74, 6) is 0. The van der Waals surface area contributed by atoms with Gasteiger partial charge >= 0.3 is 0 Å². The summed E-state index contributed by atoms with van der Waals surface area (Å²) < 4.78 is 24.7. The predicted molar refractivity (Wildman–Crippen MR) is 120 cm³/mol. The Morgan fingerprint density at radius 1 is 0.679 bits per heavy atom. The fourth-order valence-electron chi connectivity index (χ4n) is 2.21. The molecule has 0 aliphatic rings. The predicted octanol–water partition coefficient (Wildman–Crippen LogP) is 5.98. The Kier molecular flexibility index (Phi) is 10.2. The van der Waals surface area contributed by atoms with Crippen molar-refractivity contribution in [3.05, 3.63) is 90.0 Å². The number of sulfonamides is 1. The summed E-state index contributed by atoms with van der Waals surface area (Å²) in [4.78, 5) is 0.301. The van der Waals surface area contributed by atoms with Gasteiger partial charge < -0.3 is 0 Å². The molecule has 0 saturated carbocycles. The first-order chi connectivity index (χ1) is 13.3. The summed E-state index contributed by atoms with van der Waals surface area (Å²) in [6.07, 6.45) is 1.25. The van der Waals surface area contributed by atoms with Crippen LogP contribution in [0.2, 0.25) is 0 Å². The van der Waals surface area contributed by atoms with Crippen molar-refractivity contribution >= 4 is 10.0 Å². The number of aryl methyl sites for hydroxylation is 2. The average molecular weight is 398 g/mol. The second kappa shape index (κ2) is 12.1. The van der Waals surface area contributed by atoms with Gasteiger partial charge in [-0.2, -0.15) is 0 Å². The molecule has 4 heteroatoms. The Hall–Kier alpha value is -2.43. The third-order valence-electron chi connectivity index (χ3n) is 3.76. The molecule has 0 saturated heterocycles. The molecule has 3 aromatic carbocycles. The van der Waals surface area contributed by atoms with E-state index in [0.717, 1.165) is 5.56 Å². The molecule has 0 radical (unpaired) electrons. The zero-order valence-corrected chi connectivity index (χ0v) is 18.3. The Labute approximate surface area is 170 Å². The van der Waals surface area contributed by atoms with Crippen LogP contribution in [-0.2, 0) is 10.0 Å². The molecule has 0 spiro atoms. The van der Waals surface area contributed by atoms with Gasteiger partial charge in [0.2, 0.25) is 10.0 Å². The quantitative estimate of drug-likeness (QED) is 0.591. The standard InChI is InChI=1S/C13H12.C8H11NO2S.C3H8/c1-11-7-9-13(10-8-11)12-5-3-2-4-6-12;1-7-3-5-8(6-4-7)12(10,11)9-2;1-3-2/h2-10H,1H3;3-6,9H,1-2H3;3H2,1-2H3. The first-order valence-electron chi connectivity index (χ1n) is 9.46. The fourth-order valence-corrected chi connectivity index (χ4v) is 2.94. The largest absolute Gasteiger partial charge is 0.240 e. The number of hydrogen-bond donors (Lipinski definition) is 1. The van der Waals surface area contributed by atoms with Crippen molar-refractivity contribution in [2.45, 2.75) is 39.0 Å². The van der Waals surface area contributed by atoms with Crippen LogP contribution in [0.3, 0.4) is 0 Å². The van der Waals surface area contributed by atoms with E-state index < -0.39 is 10.0 Å². The summed E-state index contributed by atoms with van der Waals surface area (Å²) in [7, 11) is -1.87. The summed E-state index contributed by atoms with van der Waals surface area (Å²) in [6, 6.07) is 25.7. The number of hydrogen-bond acceptors (Lipinski definition) is 2. The lowest BCUT2D eigenvalue weighted by Gasteiger charge is -2.01. The van der Waals surface area contributed by atoms with Gasteiger partial charge in [0.1, 0.15) is 0 Å². The third kappa shape index (κ3) is 8.07. The second-order valence-corrected chi connectivity index (χ2v) is 8.35. The maximum Gasteiger partial charge on any atom is 0.240 e. The van der Waals surface area contributed by atoms with Crippen molar-refractivity contribution in [2.24, 2.45) is 0 Å². The van der Waals surface area contributed by atoms with Crippen molar-refractivity contribution in [1.29, 1.82) is 0 Å². The number of nitrogens with one attached hydrogen (secondary N) is 1. The van der Waals surface area contributed by atoms with E-state index in [2.05, 4.69) is 74.0 Å². The van der Waals surface area contributed by atoms with Gasteiger partial charge in [-0.05, 0) is 44.2 Å². The molecule has 0 unspecified atom stereocenters. The molecule has 3 aromatic rings. The first-order valence-corrected chi connectivity index (χ1v) is 10.9. The van der Waals surface area contributed by atoms with Gasteiger partial charge in [0.25, 0.3) is 0 Å². The Morgan fingerprint density at radius 3 is 1.50 bits per heavy atom. The monoisotopic (exact) mass is 397 g/mol. The summed E-state index contributed by atoms with van der Waals surface area (Å²) >= 11 is 0. The molecule has 0 aliphatic carbocycles. The van der Waals surface area contributed by atoms with Gasteiger partial charge in [0.15, 0.2) is 0 Å². The zero-order chi connectivity index (χ0) is 21.0. The molecular formula is C24H31NO2S. The lowest BCUT2D eigenvalue weighted by Crippen LogP contribution is -2.18. The van der Waals surface area contributed by atoms with Gasteiger partial charge in [-0.15, -0.1) is 0 Å². The summed E-state index contributed by atoms with van der Waals surface area (Å²) in [6.45, 7) is 8.27. The number of rotatable bonds is 3. The topological polar surface area (TPSA) is 46.2 Å². The molecule has 0 atom stereocenters. The van der Waals surface area contributed by atoms with E-state index in [1.54, 1.807) is 24.3 Å². The van der Waals surface area contributed by atoms with Gasteiger partial charge in [-0.25, -0.2) is 13.1 Å². The minimum Gasteiger partial charge on any atom is -0.214 e. The molecule has 1 N–H and O–H groups in total. The Balaban J connectivity index is 0.000000247. The Morgan fingerprint density at radius 2 is 1.07 bits per heavy atom. The highest BCUT2D eigenvalue weighted by molar-refractivity contribution is 7.89. The SMILES string of the molecule is CCC.CNS(=O)(=O)c1ccc(C)cc1.Cc1ccc(-c2ccccc2)cc1. The molecule has 0 amide bonds. The highest BCUT2D eigenvalue weighted by Crippen LogP contribution is 2.18. The van der Waals surface area contributed by atoms with E-state index in [9.17, 15) is 8.42 Å². The molecule has 0 fully saturated rings. The van der Waals surface area contributed by atoms with Crippen LogP contribution < -0.4 is 4.72 Å². The van der Waals surface area contributed by atoms with Gasteiger partial charge in [-0.3, -0.25) is 0 Å². The van der Waals surface area contributed by atoms with Crippen LogP contribution in [0, 0.1) is 13.8 Å². The summed E-state index contributed by atoms with van der Waals surface area (Å²) in [5, 5.41) is 0. The van der Waals surface area contributed by atoms with Crippen LogP contribution in [0.5, 0.6) is 0 Å². The van der Waals surface area contributed by atoms with Crippen molar-refractivity contribution < 1.29 is 8.42 Å². The van der Waals surface area contributed by atoms with E-state index in [4.69, 9.17) is 0 Å². The minimum atomic E-state index is -3.26. The lowest BCUT2D eigenvalue weighted by atomic mass is 10.0. The van der Waals surface area contributed by atoms with Crippen LogP contribution in [0.15, 0.2) is 83.8 Å². The fraction of sp³-hybridized carbons (Fsp3) is 0.250. The molecule has 150 valence electrons. The Bertz CT molecular complexity index is 901. The van der Waals surface area contributed by atoms with Gasteiger partial charge in [-0.1, -0.05) is 98.1 Å².